The van der Waals surface area contributed by atoms with Crippen LogP contribution in [0.4, 0.5) is 0 Å². The van der Waals surface area contributed by atoms with Gasteiger partial charge in [-0.15, -0.1) is 0 Å². The third-order valence-corrected chi connectivity index (χ3v) is 5.09. The van der Waals surface area contributed by atoms with Crippen LogP contribution in [-0.4, -0.2) is 33.7 Å². The molecule has 0 aromatic rings. The monoisotopic (exact) mass is 246 g/mol. The molecule has 0 aromatic heterocycles. The van der Waals surface area contributed by atoms with Gasteiger partial charge in [-0.1, -0.05) is 19.6 Å². The molecule has 1 atom stereocenters. The number of hydrogen-bond acceptors (Lipinski definition) is 4. The SMILES string of the molecule is CCOC(=O)CCC(C(=O)OC)[Si](C)(C)C. The van der Waals surface area contributed by atoms with Crippen LogP contribution in [0.5, 0.6) is 0 Å². The summed E-state index contributed by atoms with van der Waals surface area (Å²) in [5.41, 5.74) is -0.137. The van der Waals surface area contributed by atoms with E-state index >= 15 is 0 Å². The van der Waals surface area contributed by atoms with E-state index < -0.39 is 8.07 Å². The van der Waals surface area contributed by atoms with Crippen molar-refractivity contribution in [1.29, 1.82) is 0 Å². The molecule has 1 unspecified atom stereocenters. The zero-order valence-corrected chi connectivity index (χ0v) is 11.8. The molecule has 16 heavy (non-hydrogen) atoms. The molecule has 0 saturated carbocycles. The van der Waals surface area contributed by atoms with Crippen LogP contribution in [0.15, 0.2) is 0 Å². The van der Waals surface area contributed by atoms with Crippen molar-refractivity contribution in [3.8, 4) is 0 Å². The zero-order valence-electron chi connectivity index (χ0n) is 10.8. The van der Waals surface area contributed by atoms with E-state index in [9.17, 15) is 9.59 Å². The zero-order chi connectivity index (χ0) is 12.8. The molecule has 0 aliphatic carbocycles. The number of ether oxygens (including phenoxy) is 2. The number of rotatable bonds is 6. The van der Waals surface area contributed by atoms with Crippen LogP contribution >= 0.6 is 0 Å². The number of carbonyl (C=O) groups excluding carboxylic acids is 2. The summed E-state index contributed by atoms with van der Waals surface area (Å²) >= 11 is 0. The second-order valence-corrected chi connectivity index (χ2v) is 10.2. The van der Waals surface area contributed by atoms with Gasteiger partial charge < -0.3 is 9.47 Å². The molecule has 94 valence electrons. The molecule has 0 heterocycles. The summed E-state index contributed by atoms with van der Waals surface area (Å²) in [5.74, 6) is -0.446. The summed E-state index contributed by atoms with van der Waals surface area (Å²) in [6.45, 7) is 8.45. The summed E-state index contributed by atoms with van der Waals surface area (Å²) in [5, 5.41) is 0. The molecule has 0 spiro atoms. The molecule has 5 heteroatoms. The molecule has 0 aromatic carbocycles. The minimum atomic E-state index is -1.64. The van der Waals surface area contributed by atoms with Gasteiger partial charge in [-0.25, -0.2) is 0 Å². The topological polar surface area (TPSA) is 52.6 Å². The normalized spacial score (nSPS) is 13.1. The standard InChI is InChI=1S/C11H22O4Si/c1-6-15-10(12)8-7-9(11(13)14-2)16(3,4)5/h9H,6-8H2,1-5H3. The molecule has 0 bridgehead atoms. The third kappa shape index (κ3) is 5.30. The Bertz CT molecular complexity index is 245. The Morgan fingerprint density at radius 3 is 2.19 bits per heavy atom. The minimum absolute atomic E-state index is 0.137. The van der Waals surface area contributed by atoms with Crippen molar-refractivity contribution in [2.75, 3.05) is 13.7 Å². The average Bonchev–Trinajstić information content (AvgIpc) is 2.16. The van der Waals surface area contributed by atoms with Gasteiger partial charge in [-0.3, -0.25) is 9.59 Å². The number of esters is 2. The van der Waals surface area contributed by atoms with Crippen molar-refractivity contribution in [3.63, 3.8) is 0 Å². The van der Waals surface area contributed by atoms with Crippen LogP contribution in [0.25, 0.3) is 0 Å². The van der Waals surface area contributed by atoms with E-state index in [1.165, 1.54) is 7.11 Å². The van der Waals surface area contributed by atoms with Crippen molar-refractivity contribution in [2.45, 2.75) is 44.9 Å². The first-order chi connectivity index (χ1) is 7.32. The van der Waals surface area contributed by atoms with E-state index in [0.29, 0.717) is 13.0 Å². The Hall–Kier alpha value is -0.843. The number of methoxy groups -OCH3 is 1. The van der Waals surface area contributed by atoms with Gasteiger partial charge in [-0.2, -0.15) is 0 Å². The Labute approximate surface area is 98.3 Å². The predicted molar refractivity (Wildman–Crippen MR) is 65.0 cm³/mol. The number of hydrogen-bond donors (Lipinski definition) is 0. The molecule has 0 saturated heterocycles. The fraction of sp³-hybridized carbons (Fsp3) is 0.818. The van der Waals surface area contributed by atoms with E-state index in [1.807, 2.05) is 0 Å². The fourth-order valence-electron chi connectivity index (χ4n) is 1.54. The van der Waals surface area contributed by atoms with Crippen LogP contribution in [0, 0.1) is 0 Å². The molecule has 0 fully saturated rings. The summed E-state index contributed by atoms with van der Waals surface area (Å²) in [6, 6.07) is 0. The molecule has 0 N–H and O–H groups in total. The van der Waals surface area contributed by atoms with Crippen LogP contribution < -0.4 is 0 Å². The molecule has 0 amide bonds. The van der Waals surface area contributed by atoms with Gasteiger partial charge in [0.05, 0.1) is 27.3 Å². The third-order valence-electron chi connectivity index (χ3n) is 2.47. The van der Waals surface area contributed by atoms with Crippen LogP contribution in [0.2, 0.25) is 25.2 Å². The Kier molecular flexibility index (Phi) is 6.33. The van der Waals surface area contributed by atoms with Gasteiger partial charge in [0.25, 0.3) is 0 Å². The molecular formula is C11H22O4Si. The van der Waals surface area contributed by atoms with Gasteiger partial charge in [-0.05, 0) is 13.3 Å². The van der Waals surface area contributed by atoms with E-state index in [4.69, 9.17) is 9.47 Å². The highest BCUT2D eigenvalue weighted by atomic mass is 28.3. The van der Waals surface area contributed by atoms with Gasteiger partial charge in [0.2, 0.25) is 0 Å². The molecule has 0 rings (SSSR count). The van der Waals surface area contributed by atoms with E-state index in [1.54, 1.807) is 6.92 Å². The van der Waals surface area contributed by atoms with Crippen molar-refractivity contribution < 1.29 is 19.1 Å². The molecule has 4 nitrogen and oxygen atoms in total. The van der Waals surface area contributed by atoms with Gasteiger partial charge in [0, 0.05) is 6.42 Å². The Balaban J connectivity index is 4.35. The molecule has 0 aliphatic rings. The second-order valence-electron chi connectivity index (χ2n) is 4.79. The predicted octanol–water partition coefficient (Wildman–Crippen LogP) is 2.21. The summed E-state index contributed by atoms with van der Waals surface area (Å²) in [4.78, 5) is 22.8. The van der Waals surface area contributed by atoms with E-state index in [0.717, 1.165) is 0 Å². The summed E-state index contributed by atoms with van der Waals surface area (Å²) < 4.78 is 9.62. The summed E-state index contributed by atoms with van der Waals surface area (Å²) in [7, 11) is -0.254. The maximum absolute atomic E-state index is 11.6. The lowest BCUT2D eigenvalue weighted by Gasteiger charge is -2.26. The van der Waals surface area contributed by atoms with E-state index in [2.05, 4.69) is 19.6 Å². The maximum atomic E-state index is 11.6. The van der Waals surface area contributed by atoms with E-state index in [-0.39, 0.29) is 23.9 Å². The van der Waals surface area contributed by atoms with Crippen LogP contribution in [0.3, 0.4) is 0 Å². The Morgan fingerprint density at radius 1 is 1.25 bits per heavy atom. The fourth-order valence-corrected chi connectivity index (χ4v) is 3.38. The maximum Gasteiger partial charge on any atom is 0.305 e. The highest BCUT2D eigenvalue weighted by molar-refractivity contribution is 6.80. The first kappa shape index (κ1) is 15.2. The lowest BCUT2D eigenvalue weighted by atomic mass is 10.2. The minimum Gasteiger partial charge on any atom is -0.469 e. The molecule has 0 radical (unpaired) electrons. The van der Waals surface area contributed by atoms with Gasteiger partial charge in [0.15, 0.2) is 0 Å². The van der Waals surface area contributed by atoms with Gasteiger partial charge in [0.1, 0.15) is 0 Å². The first-order valence-electron chi connectivity index (χ1n) is 5.56. The van der Waals surface area contributed by atoms with Crippen molar-refractivity contribution in [1.82, 2.24) is 0 Å². The highest BCUT2D eigenvalue weighted by Gasteiger charge is 2.34. The van der Waals surface area contributed by atoms with Crippen molar-refractivity contribution in [3.05, 3.63) is 0 Å². The first-order valence-corrected chi connectivity index (χ1v) is 9.14. The largest absolute Gasteiger partial charge is 0.469 e. The summed E-state index contributed by atoms with van der Waals surface area (Å²) in [6.07, 6.45) is 0.819. The van der Waals surface area contributed by atoms with Crippen LogP contribution in [0.1, 0.15) is 19.8 Å². The average molecular weight is 246 g/mol. The second kappa shape index (κ2) is 6.68. The molecular weight excluding hydrogens is 224 g/mol. The van der Waals surface area contributed by atoms with Crippen LogP contribution in [-0.2, 0) is 19.1 Å². The highest BCUT2D eigenvalue weighted by Crippen LogP contribution is 2.28. The van der Waals surface area contributed by atoms with Crippen molar-refractivity contribution >= 4 is 20.0 Å². The lowest BCUT2D eigenvalue weighted by Crippen LogP contribution is -2.35. The smallest absolute Gasteiger partial charge is 0.305 e. The quantitative estimate of drug-likeness (QED) is 0.532. The lowest BCUT2D eigenvalue weighted by molar-refractivity contribution is -0.144. The number of carbonyl (C=O) groups is 2. The van der Waals surface area contributed by atoms with Crippen molar-refractivity contribution in [2.24, 2.45) is 0 Å². The van der Waals surface area contributed by atoms with Gasteiger partial charge >= 0.3 is 11.9 Å². The molecule has 0 aliphatic heterocycles. The Morgan fingerprint density at radius 2 is 1.81 bits per heavy atom.